The monoisotopic (exact) mass is 513 g/mol. The van der Waals surface area contributed by atoms with E-state index in [1.807, 2.05) is 32.0 Å². The summed E-state index contributed by atoms with van der Waals surface area (Å²) >= 11 is 0. The summed E-state index contributed by atoms with van der Waals surface area (Å²) in [6, 6.07) is 17.6. The van der Waals surface area contributed by atoms with Crippen LogP contribution in [0.2, 0.25) is 0 Å². The molecule has 0 aliphatic rings. The molecule has 4 aromatic rings. The summed E-state index contributed by atoms with van der Waals surface area (Å²) in [6.07, 6.45) is 0. The van der Waals surface area contributed by atoms with Crippen molar-refractivity contribution in [3.8, 4) is 23.1 Å². The first-order valence-corrected chi connectivity index (χ1v) is 11.8. The van der Waals surface area contributed by atoms with E-state index in [9.17, 15) is 19.5 Å². The van der Waals surface area contributed by atoms with Gasteiger partial charge in [0.25, 0.3) is 5.91 Å². The minimum absolute atomic E-state index is 0.102. The van der Waals surface area contributed by atoms with E-state index in [1.54, 1.807) is 42.5 Å². The highest BCUT2D eigenvalue weighted by atomic mass is 16.5. The third kappa shape index (κ3) is 5.12. The van der Waals surface area contributed by atoms with Gasteiger partial charge in [0, 0.05) is 18.2 Å². The number of rotatable bonds is 8. The summed E-state index contributed by atoms with van der Waals surface area (Å²) in [6.45, 7) is 3.37. The predicted molar refractivity (Wildman–Crippen MR) is 142 cm³/mol. The third-order valence-corrected chi connectivity index (χ3v) is 6.00. The fourth-order valence-electron chi connectivity index (χ4n) is 4.13. The number of amides is 2. The second-order valence-corrected chi connectivity index (χ2v) is 8.59. The quantitative estimate of drug-likeness (QED) is 0.303. The molecular weight excluding hydrogens is 486 g/mol. The molecule has 3 N–H and O–H groups in total. The molecule has 9 nitrogen and oxygen atoms in total. The summed E-state index contributed by atoms with van der Waals surface area (Å²) in [5, 5.41) is 16.6. The molecule has 1 heterocycles. The number of nitrogens with zero attached hydrogens (tertiary/aromatic N) is 1. The Balaban J connectivity index is 1.76. The molecule has 0 radical (unpaired) electrons. The molecule has 0 saturated heterocycles. The predicted octanol–water partition coefficient (Wildman–Crippen LogP) is 4.06. The number of ether oxygens (including phenoxy) is 2. The number of hydrogen-bond acceptors (Lipinski definition) is 7. The van der Waals surface area contributed by atoms with Crippen LogP contribution < -0.4 is 20.1 Å². The summed E-state index contributed by atoms with van der Waals surface area (Å²) in [5.41, 5.74) is 2.23. The molecule has 1 aromatic heterocycles. The lowest BCUT2D eigenvalue weighted by Gasteiger charge is -2.17. The minimum Gasteiger partial charge on any atom is -0.505 e. The van der Waals surface area contributed by atoms with Crippen LogP contribution in [0.15, 0.2) is 60.7 Å². The van der Waals surface area contributed by atoms with Crippen LogP contribution in [-0.2, 0) is 4.79 Å². The lowest BCUT2D eigenvalue weighted by molar-refractivity contribution is -0.119. The fraction of sp³-hybridized carbons (Fsp3) is 0.172. The van der Waals surface area contributed by atoms with Crippen LogP contribution in [-0.4, -0.2) is 48.4 Å². The molecule has 194 valence electrons. The van der Waals surface area contributed by atoms with E-state index in [0.717, 1.165) is 0 Å². The lowest BCUT2D eigenvalue weighted by atomic mass is 9.98. The van der Waals surface area contributed by atoms with Crippen molar-refractivity contribution in [3.05, 3.63) is 88.6 Å². The standard InChI is InChI=1S/C29H27N3O6/c1-16-13-19(25(34)18-9-6-5-7-10-18)14-17(2)27(16)38-21-12-8-11-20-23(21)26(35)24(32-29(20)37-4)28(36)31-15-22(33)30-3/h5-14,35H,15H2,1-4H3,(H,30,33)(H,31,36). The number of aromatic nitrogens is 1. The van der Waals surface area contributed by atoms with Crippen molar-refractivity contribution in [2.45, 2.75) is 13.8 Å². The van der Waals surface area contributed by atoms with Crippen LogP contribution in [0.5, 0.6) is 23.1 Å². The fourth-order valence-corrected chi connectivity index (χ4v) is 4.13. The van der Waals surface area contributed by atoms with E-state index in [4.69, 9.17) is 9.47 Å². The van der Waals surface area contributed by atoms with Gasteiger partial charge < -0.3 is 25.2 Å². The van der Waals surface area contributed by atoms with Crippen molar-refractivity contribution in [2.24, 2.45) is 0 Å². The molecule has 0 unspecified atom stereocenters. The number of benzene rings is 3. The average molecular weight is 514 g/mol. The van der Waals surface area contributed by atoms with Gasteiger partial charge in [-0.15, -0.1) is 0 Å². The van der Waals surface area contributed by atoms with Crippen LogP contribution >= 0.6 is 0 Å². The Morgan fingerprint density at radius 3 is 2.26 bits per heavy atom. The van der Waals surface area contributed by atoms with Gasteiger partial charge in [-0.25, -0.2) is 4.98 Å². The number of carbonyl (C=O) groups excluding carboxylic acids is 3. The van der Waals surface area contributed by atoms with Crippen molar-refractivity contribution in [2.75, 3.05) is 20.7 Å². The Morgan fingerprint density at radius 2 is 1.63 bits per heavy atom. The van der Waals surface area contributed by atoms with Crippen molar-refractivity contribution in [3.63, 3.8) is 0 Å². The highest BCUT2D eigenvalue weighted by Crippen LogP contribution is 2.42. The van der Waals surface area contributed by atoms with E-state index >= 15 is 0 Å². The molecule has 3 aromatic carbocycles. The zero-order valence-electron chi connectivity index (χ0n) is 21.4. The average Bonchev–Trinajstić information content (AvgIpc) is 2.93. The van der Waals surface area contributed by atoms with Crippen LogP contribution in [0.25, 0.3) is 10.8 Å². The summed E-state index contributed by atoms with van der Waals surface area (Å²) in [4.78, 5) is 41.4. The number of aryl methyl sites for hydroxylation is 2. The van der Waals surface area contributed by atoms with E-state index in [-0.39, 0.29) is 35.0 Å². The first-order chi connectivity index (χ1) is 18.2. The van der Waals surface area contributed by atoms with Crippen molar-refractivity contribution in [1.29, 1.82) is 0 Å². The van der Waals surface area contributed by atoms with Crippen molar-refractivity contribution in [1.82, 2.24) is 15.6 Å². The van der Waals surface area contributed by atoms with Crippen molar-refractivity contribution >= 4 is 28.4 Å². The number of methoxy groups -OCH3 is 1. The number of nitrogens with one attached hydrogen (secondary N) is 2. The maximum Gasteiger partial charge on any atom is 0.274 e. The van der Waals surface area contributed by atoms with Gasteiger partial charge >= 0.3 is 0 Å². The molecule has 0 bridgehead atoms. The lowest BCUT2D eigenvalue weighted by Crippen LogP contribution is -2.35. The molecule has 0 spiro atoms. The highest BCUT2D eigenvalue weighted by Gasteiger charge is 2.23. The largest absolute Gasteiger partial charge is 0.505 e. The number of fused-ring (bicyclic) bond motifs is 1. The second kappa shape index (κ2) is 11.0. The molecule has 0 atom stereocenters. The topological polar surface area (TPSA) is 127 Å². The molecule has 2 amide bonds. The van der Waals surface area contributed by atoms with Gasteiger partial charge in [-0.1, -0.05) is 36.4 Å². The van der Waals surface area contributed by atoms with Crippen molar-refractivity contribution < 1.29 is 29.0 Å². The third-order valence-electron chi connectivity index (χ3n) is 6.00. The molecule has 0 aliphatic carbocycles. The molecule has 38 heavy (non-hydrogen) atoms. The molecule has 9 heteroatoms. The molecule has 4 rings (SSSR count). The van der Waals surface area contributed by atoms with Gasteiger partial charge in [-0.2, -0.15) is 0 Å². The number of ketones is 1. The number of likely N-dealkylation sites (N-methyl/N-ethyl adjacent to an activating group) is 1. The second-order valence-electron chi connectivity index (χ2n) is 8.59. The molecule has 0 saturated carbocycles. The van der Waals surface area contributed by atoms with E-state index in [0.29, 0.717) is 33.4 Å². The Bertz CT molecular complexity index is 1530. The molecule has 0 aliphatic heterocycles. The smallest absolute Gasteiger partial charge is 0.274 e. The van der Waals surface area contributed by atoms with Gasteiger partial charge in [0.05, 0.1) is 24.4 Å². The van der Waals surface area contributed by atoms with E-state index < -0.39 is 17.6 Å². The Kier molecular flexibility index (Phi) is 7.57. The molecule has 0 fully saturated rings. The van der Waals surface area contributed by atoms with Crippen LogP contribution in [0, 0.1) is 13.8 Å². The van der Waals surface area contributed by atoms with Gasteiger partial charge in [0.15, 0.2) is 17.2 Å². The van der Waals surface area contributed by atoms with Gasteiger partial charge in [-0.05, 0) is 49.2 Å². The number of aromatic hydroxyl groups is 1. The molecular formula is C29H27N3O6. The zero-order chi connectivity index (χ0) is 27.4. The Hall–Kier alpha value is -4.92. The summed E-state index contributed by atoms with van der Waals surface area (Å²) in [5.74, 6) is -0.818. The first-order valence-electron chi connectivity index (χ1n) is 11.8. The minimum atomic E-state index is -0.753. The van der Waals surface area contributed by atoms with Crippen LogP contribution in [0.3, 0.4) is 0 Å². The Labute approximate surface area is 219 Å². The zero-order valence-corrected chi connectivity index (χ0v) is 21.4. The van der Waals surface area contributed by atoms with Gasteiger partial charge in [0.1, 0.15) is 11.5 Å². The highest BCUT2D eigenvalue weighted by molar-refractivity contribution is 6.09. The SMILES string of the molecule is CNC(=O)CNC(=O)c1nc(OC)c2cccc(Oc3c(C)cc(C(=O)c4ccccc4)cc3C)c2c1O. The van der Waals surface area contributed by atoms with Gasteiger partial charge in [0.2, 0.25) is 11.8 Å². The van der Waals surface area contributed by atoms with Crippen LogP contribution in [0.1, 0.15) is 37.5 Å². The maximum absolute atomic E-state index is 13.0. The normalized spacial score (nSPS) is 10.6. The van der Waals surface area contributed by atoms with E-state index in [2.05, 4.69) is 15.6 Å². The van der Waals surface area contributed by atoms with Crippen LogP contribution in [0.4, 0.5) is 0 Å². The van der Waals surface area contributed by atoms with E-state index in [1.165, 1.54) is 14.2 Å². The maximum atomic E-state index is 13.0. The first kappa shape index (κ1) is 26.2. The van der Waals surface area contributed by atoms with Gasteiger partial charge in [-0.3, -0.25) is 14.4 Å². The summed E-state index contributed by atoms with van der Waals surface area (Å²) in [7, 11) is 2.84. The summed E-state index contributed by atoms with van der Waals surface area (Å²) < 4.78 is 11.7. The number of pyridine rings is 1. The Morgan fingerprint density at radius 1 is 0.947 bits per heavy atom. The number of hydrogen-bond donors (Lipinski definition) is 3. The number of carbonyl (C=O) groups is 3.